The maximum atomic E-state index is 6.05. The lowest BCUT2D eigenvalue weighted by molar-refractivity contribution is 0.579. The smallest absolute Gasteiger partial charge is 0.0314 e. The van der Waals surface area contributed by atoms with E-state index in [4.69, 9.17) is 11.5 Å². The van der Waals surface area contributed by atoms with Crippen LogP contribution in [0.4, 0.5) is 11.4 Å². The fourth-order valence-electron chi connectivity index (χ4n) is 7.10. The summed E-state index contributed by atoms with van der Waals surface area (Å²) in [6, 6.07) is 36.4. The Kier molecular flexibility index (Phi) is 14.8. The largest absolute Gasteiger partial charge is 0.399 e. The van der Waals surface area contributed by atoms with E-state index in [1.165, 1.54) is 123 Å². The Morgan fingerprint density at radius 1 is 0.326 bits per heavy atom. The van der Waals surface area contributed by atoms with Crippen molar-refractivity contribution in [2.75, 3.05) is 11.5 Å². The van der Waals surface area contributed by atoms with Gasteiger partial charge in [0.15, 0.2) is 0 Å². The molecule has 0 aromatic heterocycles. The van der Waals surface area contributed by atoms with Crippen LogP contribution in [0.15, 0.2) is 97.1 Å². The van der Waals surface area contributed by atoms with E-state index in [1.807, 2.05) is 0 Å². The number of rotatable bonds is 20. The quantitative estimate of drug-likeness (QED) is 0.0766. The Morgan fingerprint density at radius 3 is 0.826 bits per heavy atom. The second-order valence-electron chi connectivity index (χ2n) is 13.5. The molecule has 4 N–H and O–H groups in total. The van der Waals surface area contributed by atoms with E-state index in [-0.39, 0.29) is 0 Å². The van der Waals surface area contributed by atoms with Crippen LogP contribution in [0.25, 0.3) is 0 Å². The maximum Gasteiger partial charge on any atom is 0.0314 e. The Balaban J connectivity index is 1.60. The van der Waals surface area contributed by atoms with Crippen molar-refractivity contribution in [3.63, 3.8) is 0 Å². The van der Waals surface area contributed by atoms with Crippen molar-refractivity contribution in [2.24, 2.45) is 0 Å². The molecule has 246 valence electrons. The highest BCUT2D eigenvalue weighted by atomic mass is 14.5. The van der Waals surface area contributed by atoms with Crippen molar-refractivity contribution < 1.29 is 0 Å². The van der Waals surface area contributed by atoms with Crippen molar-refractivity contribution >= 4 is 11.4 Å². The number of hydrogen-bond acceptors (Lipinski definition) is 2. The van der Waals surface area contributed by atoms with Crippen LogP contribution in [-0.2, 0) is 0 Å². The molecule has 0 saturated carbocycles. The molecule has 0 bridgehead atoms. The number of unbranched alkanes of at least 4 members (excludes halogenated alkanes) is 8. The summed E-state index contributed by atoms with van der Waals surface area (Å²) < 4.78 is 0. The molecule has 4 aromatic carbocycles. The summed E-state index contributed by atoms with van der Waals surface area (Å²) in [5.74, 6) is 1.23. The van der Waals surface area contributed by atoms with Crippen LogP contribution >= 0.6 is 0 Å². The molecule has 2 atom stereocenters. The van der Waals surface area contributed by atoms with Crippen LogP contribution in [-0.4, -0.2) is 0 Å². The van der Waals surface area contributed by atoms with E-state index >= 15 is 0 Å². The second-order valence-corrected chi connectivity index (χ2v) is 13.5. The monoisotopic (exact) mass is 616 g/mol. The molecule has 0 aliphatic carbocycles. The van der Waals surface area contributed by atoms with Crippen LogP contribution in [0, 0.1) is 0 Å². The van der Waals surface area contributed by atoms with Crippen LogP contribution < -0.4 is 11.5 Å². The van der Waals surface area contributed by atoms with Crippen LogP contribution in [0.3, 0.4) is 0 Å². The molecule has 0 aliphatic rings. The van der Waals surface area contributed by atoms with Gasteiger partial charge in [-0.05, 0) is 76.9 Å². The van der Waals surface area contributed by atoms with E-state index in [0.717, 1.165) is 11.4 Å². The Labute approximate surface area is 281 Å². The Morgan fingerprint density at radius 2 is 0.543 bits per heavy atom. The summed E-state index contributed by atoms with van der Waals surface area (Å²) in [4.78, 5) is 0. The molecule has 0 saturated heterocycles. The number of nitrogens with two attached hydrogens (primary N) is 2. The third-order valence-electron chi connectivity index (χ3n) is 9.95. The highest BCUT2D eigenvalue weighted by molar-refractivity contribution is 5.45. The molecule has 2 unspecified atom stereocenters. The number of nitrogen functional groups attached to an aromatic ring is 2. The van der Waals surface area contributed by atoms with Gasteiger partial charge in [0.25, 0.3) is 0 Å². The van der Waals surface area contributed by atoms with Gasteiger partial charge in [-0.25, -0.2) is 0 Å². The molecule has 2 nitrogen and oxygen atoms in total. The molecule has 0 amide bonds. The highest BCUT2D eigenvalue weighted by Crippen LogP contribution is 2.37. The predicted molar refractivity (Wildman–Crippen MR) is 202 cm³/mol. The number of anilines is 2. The minimum atomic E-state index is 0.408. The van der Waals surface area contributed by atoms with Gasteiger partial charge in [0.1, 0.15) is 0 Å². The molecule has 0 spiro atoms. The summed E-state index contributed by atoms with van der Waals surface area (Å²) in [7, 11) is 0. The van der Waals surface area contributed by atoms with Gasteiger partial charge in [-0.3, -0.25) is 0 Å². The van der Waals surface area contributed by atoms with Gasteiger partial charge in [0, 0.05) is 29.1 Å². The summed E-state index contributed by atoms with van der Waals surface area (Å²) in [6.45, 7) is 6.87. The fraction of sp³-hybridized carbons (Fsp3) is 0.455. The second kappa shape index (κ2) is 19.2. The van der Waals surface area contributed by atoms with Crippen molar-refractivity contribution in [3.8, 4) is 0 Å². The van der Waals surface area contributed by atoms with Gasteiger partial charge >= 0.3 is 0 Å². The zero-order valence-electron chi connectivity index (χ0n) is 29.0. The first-order valence-corrected chi connectivity index (χ1v) is 18.4. The first kappa shape index (κ1) is 35.3. The van der Waals surface area contributed by atoms with Gasteiger partial charge in [-0.1, -0.05) is 164 Å². The zero-order chi connectivity index (χ0) is 32.6. The van der Waals surface area contributed by atoms with Gasteiger partial charge in [-0.2, -0.15) is 0 Å². The van der Waals surface area contributed by atoms with Crippen molar-refractivity contribution in [1.82, 2.24) is 0 Å². The average molecular weight is 617 g/mol. The number of hydrogen-bond donors (Lipinski definition) is 2. The Bertz CT molecular complexity index is 1270. The summed E-state index contributed by atoms with van der Waals surface area (Å²) in [5.41, 5.74) is 22.2. The lowest BCUT2D eigenvalue weighted by Crippen LogP contribution is -2.06. The summed E-state index contributed by atoms with van der Waals surface area (Å²) in [6.07, 6.45) is 17.6. The van der Waals surface area contributed by atoms with E-state index in [1.54, 1.807) is 0 Å². The van der Waals surface area contributed by atoms with Crippen molar-refractivity contribution in [3.05, 3.63) is 130 Å². The topological polar surface area (TPSA) is 52.0 Å². The number of benzene rings is 4. The third-order valence-corrected chi connectivity index (χ3v) is 9.95. The molecule has 0 aliphatic heterocycles. The molecule has 4 rings (SSSR count). The molecule has 2 heteroatoms. The molecule has 0 heterocycles. The lowest BCUT2D eigenvalue weighted by Gasteiger charge is -2.23. The molecular weight excluding hydrogens is 556 g/mol. The SMILES string of the molecule is CCCCCCCC(c1ccc(C(CCCCC)c2ccc(N)cc2)cc1)c1ccc(C(CCCCC)c2ccc(N)cc2)cc1. The zero-order valence-corrected chi connectivity index (χ0v) is 29.0. The van der Waals surface area contributed by atoms with E-state index < -0.39 is 0 Å². The first-order chi connectivity index (χ1) is 22.5. The van der Waals surface area contributed by atoms with Gasteiger partial charge in [-0.15, -0.1) is 0 Å². The maximum absolute atomic E-state index is 6.05. The molecule has 0 radical (unpaired) electrons. The molecular formula is C44H60N2. The lowest BCUT2D eigenvalue weighted by atomic mass is 9.82. The van der Waals surface area contributed by atoms with Gasteiger partial charge in [0.2, 0.25) is 0 Å². The summed E-state index contributed by atoms with van der Waals surface area (Å²) in [5, 5.41) is 0. The third kappa shape index (κ3) is 10.5. The fourth-order valence-corrected chi connectivity index (χ4v) is 7.10. The van der Waals surface area contributed by atoms with Crippen LogP contribution in [0.5, 0.6) is 0 Å². The first-order valence-electron chi connectivity index (χ1n) is 18.4. The Hall–Kier alpha value is -3.52. The average Bonchev–Trinajstić information content (AvgIpc) is 3.08. The van der Waals surface area contributed by atoms with E-state index in [0.29, 0.717) is 17.8 Å². The highest BCUT2D eigenvalue weighted by Gasteiger charge is 2.19. The van der Waals surface area contributed by atoms with Crippen molar-refractivity contribution in [2.45, 2.75) is 128 Å². The van der Waals surface area contributed by atoms with E-state index in [2.05, 4.69) is 118 Å². The molecule has 0 fully saturated rings. The predicted octanol–water partition coefficient (Wildman–Crippen LogP) is 12.8. The van der Waals surface area contributed by atoms with Gasteiger partial charge < -0.3 is 11.5 Å². The van der Waals surface area contributed by atoms with Gasteiger partial charge in [0.05, 0.1) is 0 Å². The summed E-state index contributed by atoms with van der Waals surface area (Å²) >= 11 is 0. The van der Waals surface area contributed by atoms with Crippen LogP contribution in [0.2, 0.25) is 0 Å². The van der Waals surface area contributed by atoms with E-state index in [9.17, 15) is 0 Å². The minimum Gasteiger partial charge on any atom is -0.399 e. The molecule has 46 heavy (non-hydrogen) atoms. The standard InChI is InChI=1S/C44H60N2/c1-4-7-10-11-14-17-44(36-22-18-34(19-23-36)42(15-12-8-5-2)38-26-30-40(45)31-27-38)37-24-20-35(21-25-37)43(16-13-9-6-3)39-28-32-41(46)33-29-39/h18-33,42-44H,4-17,45-46H2,1-3H3. The molecule has 4 aromatic rings. The van der Waals surface area contributed by atoms with Crippen molar-refractivity contribution in [1.29, 1.82) is 0 Å². The van der Waals surface area contributed by atoms with Crippen LogP contribution in [0.1, 0.15) is 162 Å². The minimum absolute atomic E-state index is 0.408. The normalized spacial score (nSPS) is 13.4.